The molecule has 2 aliphatic rings. The number of carbonyl (C=O) groups excluding carboxylic acids is 3. The molecule has 4 amide bonds. The Morgan fingerprint density at radius 1 is 0.789 bits per heavy atom. The number of benzene rings is 2. The van der Waals surface area contributed by atoms with E-state index in [1.165, 1.54) is 0 Å². The first kappa shape index (κ1) is 46.2. The average Bonchev–Trinajstić information content (AvgIpc) is 3.78. The molecule has 4 rings (SSSR count). The van der Waals surface area contributed by atoms with E-state index in [4.69, 9.17) is 34.2 Å². The Labute approximate surface area is 344 Å². The van der Waals surface area contributed by atoms with Crippen LogP contribution >= 0.6 is 11.8 Å². The van der Waals surface area contributed by atoms with Gasteiger partial charge in [0.1, 0.15) is 0 Å². The summed E-state index contributed by atoms with van der Waals surface area (Å²) in [4.78, 5) is 36.3. The van der Waals surface area contributed by atoms with Gasteiger partial charge in [0.15, 0.2) is 0 Å². The number of rotatable bonds is 30. The standard InChI is InChI=1S/C42H62N4O9SSi/c1-4-5-14-23-54-57(34-15-8-6-9-16-34,35-17-10-7-11-18-35)55-42(2,3)33-44-39(48)21-24-50-26-28-52-30-31-53-29-27-51-25-22-43-38(47)20-13-12-19-37-40-36(32-56-37)45-41(49)46-40/h1,6-11,15-18,36-37,40H,5,12-14,19-33H2,2-3H3,(H,43,47)(H,44,48)(H2,45,46,49)/t36-,37?,40-/m1/s1. The monoisotopic (exact) mass is 826 g/mol. The molecule has 2 aliphatic heterocycles. The number of terminal acetylenes is 1. The zero-order chi connectivity index (χ0) is 40.6. The molecule has 0 aromatic heterocycles. The minimum Gasteiger partial charge on any atom is -0.388 e. The highest BCUT2D eigenvalue weighted by Crippen LogP contribution is 2.33. The van der Waals surface area contributed by atoms with E-state index >= 15 is 0 Å². The number of unbranched alkanes of at least 4 members (excludes halogenated alkanes) is 2. The molecule has 1 unspecified atom stereocenters. The number of ether oxygens (including phenoxy) is 4. The molecule has 15 heteroatoms. The fourth-order valence-electron chi connectivity index (χ4n) is 6.56. The van der Waals surface area contributed by atoms with Gasteiger partial charge in [-0.25, -0.2) is 4.79 Å². The zero-order valence-corrected chi connectivity index (χ0v) is 35.4. The molecule has 2 aromatic carbocycles. The first-order valence-corrected chi connectivity index (χ1v) is 23.0. The third kappa shape index (κ3) is 16.7. The van der Waals surface area contributed by atoms with Crippen molar-refractivity contribution in [3.8, 4) is 12.3 Å². The Hall–Kier alpha value is -3.46. The smallest absolute Gasteiger partial charge is 0.388 e. The molecule has 0 aliphatic carbocycles. The predicted molar refractivity (Wildman–Crippen MR) is 225 cm³/mol. The first-order chi connectivity index (χ1) is 27.7. The second kappa shape index (κ2) is 25.8. The van der Waals surface area contributed by atoms with Crippen molar-refractivity contribution in [1.29, 1.82) is 0 Å². The molecular formula is C42H62N4O9SSi. The van der Waals surface area contributed by atoms with E-state index in [9.17, 15) is 14.4 Å². The van der Waals surface area contributed by atoms with Crippen LogP contribution in [0.2, 0.25) is 0 Å². The summed E-state index contributed by atoms with van der Waals surface area (Å²) in [5, 5.41) is 14.3. The fourth-order valence-corrected chi connectivity index (χ4v) is 11.6. The van der Waals surface area contributed by atoms with Gasteiger partial charge in [-0.05, 0) is 43.5 Å². The van der Waals surface area contributed by atoms with Crippen molar-refractivity contribution < 1.29 is 42.2 Å². The molecule has 3 atom stereocenters. The highest BCUT2D eigenvalue weighted by Gasteiger charge is 2.47. The summed E-state index contributed by atoms with van der Waals surface area (Å²) < 4.78 is 35.9. The Morgan fingerprint density at radius 2 is 1.39 bits per heavy atom. The molecule has 314 valence electrons. The first-order valence-electron chi connectivity index (χ1n) is 20.1. The van der Waals surface area contributed by atoms with E-state index in [0.29, 0.717) is 84.0 Å². The van der Waals surface area contributed by atoms with Crippen molar-refractivity contribution in [3.05, 3.63) is 60.7 Å². The van der Waals surface area contributed by atoms with Crippen LogP contribution in [0.5, 0.6) is 0 Å². The van der Waals surface area contributed by atoms with E-state index in [1.807, 2.05) is 86.3 Å². The quantitative estimate of drug-likeness (QED) is 0.0401. The molecule has 2 saturated heterocycles. The van der Waals surface area contributed by atoms with Gasteiger partial charge in [-0.2, -0.15) is 11.8 Å². The lowest BCUT2D eigenvalue weighted by Gasteiger charge is -2.39. The van der Waals surface area contributed by atoms with Crippen LogP contribution in [0.15, 0.2) is 60.7 Å². The molecule has 2 fully saturated rings. The summed E-state index contributed by atoms with van der Waals surface area (Å²) in [5.41, 5.74) is -0.739. The maximum atomic E-state index is 12.7. The lowest BCUT2D eigenvalue weighted by molar-refractivity contribution is -0.123. The summed E-state index contributed by atoms with van der Waals surface area (Å²) in [6.45, 7) is 8.32. The highest BCUT2D eigenvalue weighted by atomic mass is 32.2. The minimum atomic E-state index is -3.18. The maximum absolute atomic E-state index is 12.7. The fraction of sp³-hybridized carbons (Fsp3) is 0.595. The van der Waals surface area contributed by atoms with E-state index in [-0.39, 0.29) is 43.0 Å². The highest BCUT2D eigenvalue weighted by molar-refractivity contribution is 8.00. The average molecular weight is 827 g/mol. The van der Waals surface area contributed by atoms with E-state index < -0.39 is 14.2 Å². The topological polar surface area (TPSA) is 155 Å². The van der Waals surface area contributed by atoms with Crippen molar-refractivity contribution in [2.75, 3.05) is 78.3 Å². The Bertz CT molecular complexity index is 1480. The summed E-state index contributed by atoms with van der Waals surface area (Å²) in [6, 6.07) is 20.4. The second-order valence-corrected chi connectivity index (χ2v) is 18.7. The third-order valence-corrected chi connectivity index (χ3v) is 14.6. The molecule has 4 N–H and O–H groups in total. The van der Waals surface area contributed by atoms with Gasteiger partial charge in [-0.3, -0.25) is 9.59 Å². The second-order valence-electron chi connectivity index (χ2n) is 14.6. The molecule has 0 bridgehead atoms. The van der Waals surface area contributed by atoms with E-state index in [2.05, 4.69) is 27.2 Å². The van der Waals surface area contributed by atoms with Gasteiger partial charge in [0.25, 0.3) is 0 Å². The molecule has 0 saturated carbocycles. The van der Waals surface area contributed by atoms with Gasteiger partial charge in [-0.15, -0.1) is 12.3 Å². The summed E-state index contributed by atoms with van der Waals surface area (Å²) >= 11 is 1.90. The number of hydrogen-bond donors (Lipinski definition) is 4. The van der Waals surface area contributed by atoms with Gasteiger partial charge >= 0.3 is 14.6 Å². The van der Waals surface area contributed by atoms with E-state index in [0.717, 1.165) is 41.8 Å². The van der Waals surface area contributed by atoms with Crippen LogP contribution in [-0.4, -0.2) is 128 Å². The van der Waals surface area contributed by atoms with Crippen LogP contribution in [0, 0.1) is 12.3 Å². The Kier molecular flexibility index (Phi) is 20.9. The lowest BCUT2D eigenvalue weighted by atomic mass is 10.0. The van der Waals surface area contributed by atoms with Crippen molar-refractivity contribution in [2.24, 2.45) is 0 Å². The molecule has 2 heterocycles. The van der Waals surface area contributed by atoms with Crippen molar-refractivity contribution in [2.45, 2.75) is 81.7 Å². The Morgan fingerprint density at radius 3 is 2.02 bits per heavy atom. The van der Waals surface area contributed by atoms with Crippen LogP contribution in [0.1, 0.15) is 58.8 Å². The number of thioether (sulfide) groups is 1. The van der Waals surface area contributed by atoms with Crippen LogP contribution in [-0.2, 0) is 37.4 Å². The third-order valence-electron chi connectivity index (χ3n) is 9.45. The number of fused-ring (bicyclic) bond motifs is 1. The molecule has 0 radical (unpaired) electrons. The van der Waals surface area contributed by atoms with Crippen LogP contribution in [0.3, 0.4) is 0 Å². The SMILES string of the molecule is C#CCCCO[Si](OC(C)(C)CNC(=O)CCOCCOCCOCCOCCNC(=O)CCCCC1SC[C@H]2NC(=O)N[C@@H]12)(c1ccccc1)c1ccccc1. The molecule has 2 aromatic rings. The number of hydrogen-bond acceptors (Lipinski definition) is 10. The molecule has 57 heavy (non-hydrogen) atoms. The zero-order valence-electron chi connectivity index (χ0n) is 33.6. The minimum absolute atomic E-state index is 0.0304. The number of urea groups is 1. The van der Waals surface area contributed by atoms with Crippen LogP contribution in [0.4, 0.5) is 4.79 Å². The van der Waals surface area contributed by atoms with Gasteiger partial charge < -0.3 is 49.1 Å². The largest absolute Gasteiger partial charge is 0.407 e. The summed E-state index contributed by atoms with van der Waals surface area (Å²) in [7, 11) is -3.18. The van der Waals surface area contributed by atoms with Gasteiger partial charge in [-0.1, -0.05) is 67.1 Å². The normalized spacial score (nSPS) is 17.7. The van der Waals surface area contributed by atoms with Crippen molar-refractivity contribution in [3.63, 3.8) is 0 Å². The summed E-state index contributed by atoms with van der Waals surface area (Å²) in [5.74, 6) is 3.53. The summed E-state index contributed by atoms with van der Waals surface area (Å²) in [6.07, 6.45) is 10.3. The molecule has 13 nitrogen and oxygen atoms in total. The Balaban J connectivity index is 0.974. The number of nitrogens with one attached hydrogen (secondary N) is 4. The van der Waals surface area contributed by atoms with Crippen LogP contribution in [0.25, 0.3) is 0 Å². The van der Waals surface area contributed by atoms with Crippen molar-refractivity contribution >= 4 is 48.5 Å². The maximum Gasteiger partial charge on any atom is 0.407 e. The van der Waals surface area contributed by atoms with Gasteiger partial charge in [0, 0.05) is 50.0 Å². The van der Waals surface area contributed by atoms with Gasteiger partial charge in [0.2, 0.25) is 11.8 Å². The van der Waals surface area contributed by atoms with Crippen LogP contribution < -0.4 is 31.6 Å². The number of amides is 4. The van der Waals surface area contributed by atoms with Gasteiger partial charge in [0.05, 0.1) is 70.5 Å². The molecular weight excluding hydrogens is 765 g/mol. The number of carbonyl (C=O) groups is 3. The van der Waals surface area contributed by atoms with Crippen molar-refractivity contribution in [1.82, 2.24) is 21.3 Å². The molecule has 0 spiro atoms. The lowest BCUT2D eigenvalue weighted by Crippen LogP contribution is -2.67. The predicted octanol–water partition coefficient (Wildman–Crippen LogP) is 2.88. The van der Waals surface area contributed by atoms with E-state index in [1.54, 1.807) is 0 Å².